The maximum Gasteiger partial charge on any atom is 1.00 e. The van der Waals surface area contributed by atoms with E-state index in [2.05, 4.69) is 11.7 Å². The van der Waals surface area contributed by atoms with Gasteiger partial charge in [0, 0.05) is 20.1 Å². The Kier molecular flexibility index (Phi) is 26.6. The van der Waals surface area contributed by atoms with Crippen LogP contribution in [0.2, 0.25) is 0 Å². The van der Waals surface area contributed by atoms with E-state index in [0.717, 1.165) is 32.5 Å². The van der Waals surface area contributed by atoms with Crippen LogP contribution in [0.5, 0.6) is 0 Å². The largest absolute Gasteiger partial charge is 1.00 e. The number of rotatable bonds is 9. The fourth-order valence-electron chi connectivity index (χ4n) is 1.31. The van der Waals surface area contributed by atoms with E-state index in [1.807, 2.05) is 13.8 Å². The van der Waals surface area contributed by atoms with E-state index < -0.39 is 6.10 Å². The summed E-state index contributed by atoms with van der Waals surface area (Å²) in [6.07, 6.45) is 4.80. The maximum absolute atomic E-state index is 10.4. The molecule has 0 aliphatic rings. The normalized spacial score (nSPS) is 10.8. The molecule has 0 bridgehead atoms. The van der Waals surface area contributed by atoms with Crippen molar-refractivity contribution < 1.29 is 50.4 Å². The second-order valence-corrected chi connectivity index (χ2v) is 4.09. The van der Waals surface area contributed by atoms with Crippen LogP contribution in [0.3, 0.4) is 0 Å². The summed E-state index contributed by atoms with van der Waals surface area (Å²) >= 11 is 0. The molecule has 0 aromatic heterocycles. The summed E-state index contributed by atoms with van der Waals surface area (Å²) in [7, 11) is 0. The molecule has 0 aromatic rings. The molecule has 1 N–H and O–H groups in total. The molecule has 0 saturated heterocycles. The average Bonchev–Trinajstić information content (AvgIpc) is 2.34. The predicted molar refractivity (Wildman–Crippen MR) is 74.7 cm³/mol. The van der Waals surface area contributed by atoms with E-state index in [9.17, 15) is 9.90 Å². The van der Waals surface area contributed by atoms with Crippen LogP contribution in [-0.2, 0) is 14.3 Å². The zero-order valence-corrected chi connectivity index (χ0v) is 15.4. The molecule has 0 radical (unpaired) electrons. The number of carbonyl (C=O) groups is 1. The molecular weight excluding hydrogens is 255 g/mol. The first-order valence-corrected chi connectivity index (χ1v) is 6.97. The minimum atomic E-state index is -0.485. The molecule has 0 aliphatic carbocycles. The molecule has 0 aromatic carbocycles. The zero-order valence-electron chi connectivity index (χ0n) is 14.4. The van der Waals surface area contributed by atoms with Gasteiger partial charge in [-0.15, -0.1) is 0 Å². The monoisotopic (exact) mass is 286 g/mol. The molecular formula is C14H31NaO4. The van der Waals surface area contributed by atoms with Gasteiger partial charge < -0.3 is 16.0 Å². The molecule has 1 atom stereocenters. The van der Waals surface area contributed by atoms with E-state index in [-0.39, 0.29) is 43.6 Å². The summed E-state index contributed by atoms with van der Waals surface area (Å²) in [6, 6.07) is 0. The van der Waals surface area contributed by atoms with Gasteiger partial charge >= 0.3 is 35.5 Å². The molecule has 0 fully saturated rings. The Hall–Kier alpha value is 0.390. The van der Waals surface area contributed by atoms with Gasteiger partial charge in [0.05, 0.1) is 6.10 Å². The van der Waals surface area contributed by atoms with Crippen LogP contribution >= 0.6 is 0 Å². The van der Waals surface area contributed by atoms with Crippen LogP contribution in [0.4, 0.5) is 0 Å². The summed E-state index contributed by atoms with van der Waals surface area (Å²) in [5.74, 6) is -0.326. The van der Waals surface area contributed by atoms with Crippen molar-refractivity contribution in [3.63, 3.8) is 0 Å². The first-order chi connectivity index (χ1) is 8.58. The van der Waals surface area contributed by atoms with Gasteiger partial charge in [-0.25, -0.2) is 0 Å². The second kappa shape index (κ2) is 20.7. The molecule has 1 unspecified atom stereocenters. The van der Waals surface area contributed by atoms with Crippen LogP contribution in [0.25, 0.3) is 0 Å². The van der Waals surface area contributed by atoms with Crippen molar-refractivity contribution in [1.29, 1.82) is 0 Å². The Bertz CT molecular complexity index is 181. The molecule has 0 rings (SSSR count). The first kappa shape index (κ1) is 24.4. The van der Waals surface area contributed by atoms with Gasteiger partial charge in [0.25, 0.3) is 0 Å². The Labute approximate surface area is 142 Å². The number of carbonyl (C=O) groups excluding carboxylic acids is 1. The molecule has 112 valence electrons. The van der Waals surface area contributed by atoms with Gasteiger partial charge in [0.2, 0.25) is 0 Å². The third-order valence-corrected chi connectivity index (χ3v) is 2.28. The Morgan fingerprint density at radius 1 is 1.16 bits per heavy atom. The third-order valence-electron chi connectivity index (χ3n) is 2.28. The van der Waals surface area contributed by atoms with Gasteiger partial charge in [-0.2, -0.15) is 0 Å². The predicted octanol–water partition coefficient (Wildman–Crippen LogP) is 0.0401. The number of aliphatic hydroxyl groups excluding tert-OH is 1. The maximum atomic E-state index is 10.4. The number of hydrogen-bond donors (Lipinski definition) is 1. The van der Waals surface area contributed by atoms with Crippen LogP contribution in [0, 0.1) is 0 Å². The minimum absolute atomic E-state index is 0. The van der Waals surface area contributed by atoms with Crippen molar-refractivity contribution in [2.24, 2.45) is 0 Å². The van der Waals surface area contributed by atoms with Gasteiger partial charge in [-0.05, 0) is 20.3 Å². The van der Waals surface area contributed by atoms with E-state index in [0.29, 0.717) is 0 Å². The van der Waals surface area contributed by atoms with Gasteiger partial charge in [-0.1, -0.05) is 32.6 Å². The van der Waals surface area contributed by atoms with Crippen molar-refractivity contribution in [2.75, 3.05) is 19.8 Å². The topological polar surface area (TPSA) is 55.8 Å². The number of esters is 1. The van der Waals surface area contributed by atoms with Crippen LogP contribution in [0.15, 0.2) is 0 Å². The van der Waals surface area contributed by atoms with Crippen molar-refractivity contribution in [3.05, 3.63) is 0 Å². The van der Waals surface area contributed by atoms with Crippen molar-refractivity contribution in [2.45, 2.75) is 65.9 Å². The molecule has 19 heavy (non-hydrogen) atoms. The third kappa shape index (κ3) is 27.6. The SMILES string of the molecule is CCCCCCC(O)COC(C)=O.CCOCC.[H-].[Na+]. The molecule has 0 aliphatic heterocycles. The van der Waals surface area contributed by atoms with Crippen LogP contribution in [0.1, 0.15) is 61.2 Å². The van der Waals surface area contributed by atoms with Crippen LogP contribution < -0.4 is 29.6 Å². The number of unbranched alkanes of at least 4 members (excludes halogenated alkanes) is 3. The quantitative estimate of drug-likeness (QED) is 0.369. The molecule has 0 amide bonds. The Morgan fingerprint density at radius 3 is 2.11 bits per heavy atom. The van der Waals surface area contributed by atoms with Crippen LogP contribution in [-0.4, -0.2) is 37.0 Å². The summed E-state index contributed by atoms with van der Waals surface area (Å²) in [5, 5.41) is 9.32. The van der Waals surface area contributed by atoms with E-state index >= 15 is 0 Å². The Balaban J connectivity index is -0.000000158. The zero-order chi connectivity index (χ0) is 14.2. The van der Waals surface area contributed by atoms with Crippen molar-refractivity contribution >= 4 is 5.97 Å². The Morgan fingerprint density at radius 2 is 1.74 bits per heavy atom. The van der Waals surface area contributed by atoms with Crippen molar-refractivity contribution in [3.8, 4) is 0 Å². The summed E-state index contributed by atoms with van der Waals surface area (Å²) in [5.41, 5.74) is 0. The standard InChI is InChI=1S/C10H20O3.C4H10O.Na.H/c1-3-4-5-6-7-10(12)8-13-9(2)11;1-3-5-4-2;;/h10,12H,3-8H2,1-2H3;3-4H2,1-2H3;;/q;;+1;-1. The van der Waals surface area contributed by atoms with E-state index in [1.165, 1.54) is 19.8 Å². The number of ether oxygens (including phenoxy) is 2. The number of aliphatic hydroxyl groups is 1. The summed E-state index contributed by atoms with van der Waals surface area (Å²) in [4.78, 5) is 10.4. The average molecular weight is 286 g/mol. The fraction of sp³-hybridized carbons (Fsp3) is 0.929. The van der Waals surface area contributed by atoms with E-state index in [4.69, 9.17) is 4.74 Å². The minimum Gasteiger partial charge on any atom is -1.00 e. The molecule has 0 spiro atoms. The molecule has 0 heterocycles. The number of hydrogen-bond acceptors (Lipinski definition) is 4. The molecule has 5 heteroatoms. The fourth-order valence-corrected chi connectivity index (χ4v) is 1.31. The summed E-state index contributed by atoms with van der Waals surface area (Å²) < 4.78 is 9.51. The molecule has 4 nitrogen and oxygen atoms in total. The second-order valence-electron chi connectivity index (χ2n) is 4.09. The first-order valence-electron chi connectivity index (χ1n) is 6.97. The smallest absolute Gasteiger partial charge is 1.00 e. The summed E-state index contributed by atoms with van der Waals surface area (Å²) in [6.45, 7) is 9.31. The van der Waals surface area contributed by atoms with Crippen molar-refractivity contribution in [1.82, 2.24) is 0 Å². The van der Waals surface area contributed by atoms with Gasteiger partial charge in [-0.3, -0.25) is 4.79 Å². The van der Waals surface area contributed by atoms with Gasteiger partial charge in [0.15, 0.2) is 0 Å². The van der Waals surface area contributed by atoms with E-state index in [1.54, 1.807) is 0 Å². The van der Waals surface area contributed by atoms with Gasteiger partial charge in [0.1, 0.15) is 6.61 Å². The molecule has 0 saturated carbocycles.